The number of ether oxygens (including phenoxy) is 1. The second kappa shape index (κ2) is 8.64. The highest BCUT2D eigenvalue weighted by atomic mass is 19.4. The average molecular weight is 494 g/mol. The zero-order valence-electron chi connectivity index (χ0n) is 17.7. The van der Waals surface area contributed by atoms with Gasteiger partial charge in [0, 0.05) is 17.5 Å². The van der Waals surface area contributed by atoms with Crippen molar-refractivity contribution in [3.8, 4) is 16.9 Å². The lowest BCUT2D eigenvalue weighted by Gasteiger charge is -2.29. The third-order valence-electron chi connectivity index (χ3n) is 5.76. The Hall–Kier alpha value is -4.02. The Balaban J connectivity index is 2.07. The predicted molar refractivity (Wildman–Crippen MR) is 112 cm³/mol. The lowest BCUT2D eigenvalue weighted by molar-refractivity contribution is -0.139. The fourth-order valence-electron chi connectivity index (χ4n) is 4.27. The Kier molecular flexibility index (Phi) is 5.95. The standard InChI is InChI=1S/C24H16F6N2O3/c25-11-2-3-13-12(5-6-35-18(13)8-11)15-9-14(10-1-4-17(26)16(7-10)22(31)33)20(24(28,29)30)21(27)19(15)23(32)34/h1-4,7-9,12H,5-6H2,(H2,31,33)(H2,32,34). The molecule has 11 heteroatoms. The maximum absolute atomic E-state index is 15.5. The summed E-state index contributed by atoms with van der Waals surface area (Å²) in [6.07, 6.45) is -5.18. The van der Waals surface area contributed by atoms with Gasteiger partial charge >= 0.3 is 6.18 Å². The zero-order valence-corrected chi connectivity index (χ0v) is 17.7. The fourth-order valence-corrected chi connectivity index (χ4v) is 4.27. The first kappa shape index (κ1) is 24.1. The van der Waals surface area contributed by atoms with E-state index >= 15 is 4.39 Å². The molecule has 2 amide bonds. The number of halogens is 6. The fraction of sp³-hybridized carbons (Fsp3) is 0.167. The molecular formula is C24H16F6N2O3. The summed E-state index contributed by atoms with van der Waals surface area (Å²) in [7, 11) is 0. The number of carbonyl (C=O) groups excluding carboxylic acids is 2. The molecule has 4 N–H and O–H groups in total. The molecule has 1 unspecified atom stereocenters. The van der Waals surface area contributed by atoms with Crippen LogP contribution in [0.25, 0.3) is 11.1 Å². The topological polar surface area (TPSA) is 95.4 Å². The van der Waals surface area contributed by atoms with E-state index < -0.39 is 63.6 Å². The van der Waals surface area contributed by atoms with Gasteiger partial charge in [0.2, 0.25) is 0 Å². The highest BCUT2D eigenvalue weighted by Crippen LogP contribution is 2.46. The van der Waals surface area contributed by atoms with E-state index in [0.717, 1.165) is 36.4 Å². The number of alkyl halides is 3. The highest BCUT2D eigenvalue weighted by Gasteiger charge is 2.41. The van der Waals surface area contributed by atoms with Gasteiger partial charge in [-0.25, -0.2) is 13.2 Å². The molecule has 0 radical (unpaired) electrons. The van der Waals surface area contributed by atoms with Gasteiger partial charge in [0.1, 0.15) is 23.2 Å². The van der Waals surface area contributed by atoms with E-state index in [-0.39, 0.29) is 29.9 Å². The molecular weight excluding hydrogens is 478 g/mol. The van der Waals surface area contributed by atoms with Crippen LogP contribution in [0.1, 0.15) is 49.7 Å². The van der Waals surface area contributed by atoms with Crippen molar-refractivity contribution >= 4 is 11.8 Å². The first-order valence-corrected chi connectivity index (χ1v) is 10.2. The van der Waals surface area contributed by atoms with E-state index in [0.29, 0.717) is 5.56 Å². The number of carbonyl (C=O) groups is 2. The number of rotatable bonds is 4. The van der Waals surface area contributed by atoms with Crippen molar-refractivity contribution in [1.82, 2.24) is 0 Å². The molecule has 0 saturated carbocycles. The molecule has 182 valence electrons. The van der Waals surface area contributed by atoms with Crippen molar-refractivity contribution in [2.45, 2.75) is 18.5 Å². The van der Waals surface area contributed by atoms with Crippen LogP contribution in [-0.2, 0) is 6.18 Å². The van der Waals surface area contributed by atoms with Gasteiger partial charge in [-0.05, 0) is 47.4 Å². The van der Waals surface area contributed by atoms with Gasteiger partial charge in [-0.3, -0.25) is 9.59 Å². The Morgan fingerprint density at radius 3 is 2.26 bits per heavy atom. The molecule has 0 bridgehead atoms. The molecule has 0 aromatic heterocycles. The number of fused-ring (bicyclic) bond motifs is 1. The van der Waals surface area contributed by atoms with Gasteiger partial charge in [-0.1, -0.05) is 12.1 Å². The summed E-state index contributed by atoms with van der Waals surface area (Å²) in [4.78, 5) is 23.7. The van der Waals surface area contributed by atoms with Crippen LogP contribution in [0.15, 0.2) is 42.5 Å². The SMILES string of the molecule is NC(=O)c1cc(-c2cc(C3CCOc4cc(F)ccc43)c(C(N)=O)c(F)c2C(F)(F)F)ccc1F. The summed E-state index contributed by atoms with van der Waals surface area (Å²) in [5, 5.41) is 0. The number of hydrogen-bond acceptors (Lipinski definition) is 3. The maximum atomic E-state index is 15.5. The van der Waals surface area contributed by atoms with E-state index in [1.165, 1.54) is 6.07 Å². The molecule has 0 spiro atoms. The van der Waals surface area contributed by atoms with Crippen molar-refractivity contribution in [3.63, 3.8) is 0 Å². The molecule has 4 rings (SSSR count). The lowest BCUT2D eigenvalue weighted by atomic mass is 9.80. The van der Waals surface area contributed by atoms with Crippen LogP contribution < -0.4 is 16.2 Å². The van der Waals surface area contributed by atoms with Crippen LogP contribution in [-0.4, -0.2) is 18.4 Å². The molecule has 0 fully saturated rings. The van der Waals surface area contributed by atoms with Gasteiger partial charge in [0.25, 0.3) is 11.8 Å². The smallest absolute Gasteiger partial charge is 0.419 e. The van der Waals surface area contributed by atoms with Crippen molar-refractivity contribution in [1.29, 1.82) is 0 Å². The summed E-state index contributed by atoms with van der Waals surface area (Å²) < 4.78 is 90.6. The minimum atomic E-state index is -5.29. The number of primary amides is 2. The largest absolute Gasteiger partial charge is 0.493 e. The Morgan fingerprint density at radius 1 is 0.914 bits per heavy atom. The van der Waals surface area contributed by atoms with E-state index in [1.807, 2.05) is 0 Å². The Labute approximate surface area is 194 Å². The van der Waals surface area contributed by atoms with Crippen LogP contribution in [0.3, 0.4) is 0 Å². The van der Waals surface area contributed by atoms with Gasteiger partial charge < -0.3 is 16.2 Å². The first-order valence-electron chi connectivity index (χ1n) is 10.2. The van der Waals surface area contributed by atoms with Crippen LogP contribution >= 0.6 is 0 Å². The quantitative estimate of drug-likeness (QED) is 0.505. The molecule has 0 saturated heterocycles. The third-order valence-corrected chi connectivity index (χ3v) is 5.76. The minimum Gasteiger partial charge on any atom is -0.493 e. The van der Waals surface area contributed by atoms with Crippen LogP contribution in [0.2, 0.25) is 0 Å². The van der Waals surface area contributed by atoms with Crippen molar-refractivity contribution in [3.05, 3.63) is 87.7 Å². The van der Waals surface area contributed by atoms with Gasteiger partial charge in [-0.15, -0.1) is 0 Å². The van der Waals surface area contributed by atoms with E-state index in [1.54, 1.807) is 0 Å². The van der Waals surface area contributed by atoms with Crippen LogP contribution in [0, 0.1) is 17.5 Å². The van der Waals surface area contributed by atoms with E-state index in [2.05, 4.69) is 0 Å². The molecule has 0 aliphatic carbocycles. The van der Waals surface area contributed by atoms with Crippen LogP contribution in [0.4, 0.5) is 26.3 Å². The summed E-state index contributed by atoms with van der Waals surface area (Å²) in [5.41, 5.74) is 5.90. The third kappa shape index (κ3) is 4.29. The van der Waals surface area contributed by atoms with Gasteiger partial charge in [-0.2, -0.15) is 13.2 Å². The molecule has 1 atom stereocenters. The predicted octanol–water partition coefficient (Wildman–Crippen LogP) is 4.90. The number of benzene rings is 3. The summed E-state index contributed by atoms with van der Waals surface area (Å²) in [5.74, 6) is -7.12. The number of hydrogen-bond donors (Lipinski definition) is 2. The number of amides is 2. The second-order valence-corrected chi connectivity index (χ2v) is 7.87. The number of nitrogens with two attached hydrogens (primary N) is 2. The summed E-state index contributed by atoms with van der Waals surface area (Å²) >= 11 is 0. The van der Waals surface area contributed by atoms with E-state index in [4.69, 9.17) is 16.2 Å². The highest BCUT2D eigenvalue weighted by molar-refractivity contribution is 5.97. The molecule has 35 heavy (non-hydrogen) atoms. The van der Waals surface area contributed by atoms with Crippen molar-refractivity contribution in [2.75, 3.05) is 6.61 Å². The van der Waals surface area contributed by atoms with Crippen molar-refractivity contribution < 1.29 is 40.7 Å². The summed E-state index contributed by atoms with van der Waals surface area (Å²) in [6.45, 7) is -0.000329. The molecule has 1 aliphatic rings. The Morgan fingerprint density at radius 2 is 1.63 bits per heavy atom. The van der Waals surface area contributed by atoms with Crippen molar-refractivity contribution in [2.24, 2.45) is 11.5 Å². The monoisotopic (exact) mass is 494 g/mol. The minimum absolute atomic E-state index is 0.000329. The van der Waals surface area contributed by atoms with Gasteiger partial charge in [0.05, 0.1) is 23.3 Å². The maximum Gasteiger partial charge on any atom is 0.419 e. The normalized spacial score (nSPS) is 15.3. The summed E-state index contributed by atoms with van der Waals surface area (Å²) in [6, 6.07) is 6.80. The van der Waals surface area contributed by atoms with Crippen LogP contribution in [0.5, 0.6) is 5.75 Å². The van der Waals surface area contributed by atoms with E-state index in [9.17, 15) is 31.5 Å². The zero-order chi connectivity index (χ0) is 25.7. The first-order chi connectivity index (χ1) is 16.4. The Bertz CT molecular complexity index is 1370. The molecule has 3 aromatic carbocycles. The average Bonchev–Trinajstić information content (AvgIpc) is 2.76. The molecule has 5 nitrogen and oxygen atoms in total. The van der Waals surface area contributed by atoms with Gasteiger partial charge in [0.15, 0.2) is 0 Å². The second-order valence-electron chi connectivity index (χ2n) is 7.87. The lowest BCUT2D eigenvalue weighted by Crippen LogP contribution is -2.25. The molecule has 3 aromatic rings. The molecule has 1 aliphatic heterocycles. The molecule has 1 heterocycles.